The summed E-state index contributed by atoms with van der Waals surface area (Å²) in [5.74, 6) is -1.79. The number of amides is 4. The van der Waals surface area contributed by atoms with Gasteiger partial charge in [-0.05, 0) is 62.7 Å². The molecule has 0 radical (unpaired) electrons. The third kappa shape index (κ3) is 7.84. The number of hydrogen-bond acceptors (Lipinski definition) is 5. The molecular weight excluding hydrogens is 549 g/mol. The Hall–Kier alpha value is -4.45. The van der Waals surface area contributed by atoms with Gasteiger partial charge in [0, 0.05) is 55.8 Å². The van der Waals surface area contributed by atoms with Gasteiger partial charge in [0.2, 0.25) is 0 Å². The average Bonchev–Trinajstić information content (AvgIpc) is 2.93. The molecule has 1 aromatic heterocycles. The van der Waals surface area contributed by atoms with E-state index in [9.17, 15) is 27.6 Å². The van der Waals surface area contributed by atoms with Crippen LogP contribution in [0.15, 0.2) is 72.9 Å². The number of pyridine rings is 1. The van der Waals surface area contributed by atoms with Crippen LogP contribution in [-0.4, -0.2) is 70.5 Å². The highest BCUT2D eigenvalue weighted by atomic mass is 19.4. The number of alkyl halides is 3. The van der Waals surface area contributed by atoms with E-state index in [1.165, 1.54) is 12.3 Å². The summed E-state index contributed by atoms with van der Waals surface area (Å²) in [6.45, 7) is 7.17. The zero-order valence-corrected chi connectivity index (χ0v) is 23.6. The van der Waals surface area contributed by atoms with Crippen LogP contribution in [0.2, 0.25) is 0 Å². The number of nitrogens with one attached hydrogen (secondary N) is 2. The van der Waals surface area contributed by atoms with Crippen molar-refractivity contribution < 1.29 is 27.6 Å². The molecule has 0 unspecified atom stereocenters. The largest absolute Gasteiger partial charge is 0.471 e. The van der Waals surface area contributed by atoms with E-state index in [-0.39, 0.29) is 11.6 Å². The van der Waals surface area contributed by atoms with Gasteiger partial charge in [-0.15, -0.1) is 0 Å². The molecule has 222 valence electrons. The van der Waals surface area contributed by atoms with Gasteiger partial charge in [0.1, 0.15) is 5.82 Å². The number of halogens is 3. The van der Waals surface area contributed by atoms with Crippen LogP contribution in [0.25, 0.3) is 0 Å². The Morgan fingerprint density at radius 2 is 1.57 bits per heavy atom. The fourth-order valence-electron chi connectivity index (χ4n) is 4.67. The predicted octanol–water partition coefficient (Wildman–Crippen LogP) is 5.38. The highest BCUT2D eigenvalue weighted by Crippen LogP contribution is 2.31. The molecule has 1 saturated heterocycles. The third-order valence-electron chi connectivity index (χ3n) is 6.63. The average molecular weight is 583 g/mol. The molecule has 42 heavy (non-hydrogen) atoms. The molecule has 3 aromatic rings. The number of hydrogen-bond donors (Lipinski definition) is 2. The van der Waals surface area contributed by atoms with E-state index >= 15 is 0 Å². The highest BCUT2D eigenvalue weighted by Gasteiger charge is 2.46. The fraction of sp³-hybridized carbons (Fsp3) is 0.333. The summed E-state index contributed by atoms with van der Waals surface area (Å²) < 4.78 is 39.9. The Balaban J connectivity index is 1.31. The van der Waals surface area contributed by atoms with Gasteiger partial charge in [0.05, 0.1) is 5.56 Å². The molecule has 2 aromatic carbocycles. The molecule has 9 nitrogen and oxygen atoms in total. The lowest BCUT2D eigenvalue weighted by Gasteiger charge is -2.37. The van der Waals surface area contributed by atoms with Crippen LogP contribution < -0.4 is 15.5 Å². The first-order chi connectivity index (χ1) is 19.8. The van der Waals surface area contributed by atoms with Crippen LogP contribution >= 0.6 is 0 Å². The third-order valence-corrected chi connectivity index (χ3v) is 6.63. The van der Waals surface area contributed by atoms with Gasteiger partial charge in [-0.3, -0.25) is 24.7 Å². The summed E-state index contributed by atoms with van der Waals surface area (Å²) in [4.78, 5) is 46.2. The number of urea groups is 1. The van der Waals surface area contributed by atoms with Crippen LogP contribution in [0.3, 0.4) is 0 Å². The SMILES string of the molecule is CC(C)(C)N(C(=O)C(F)(F)F)c1cccc(CN2CCN(C(=O)c3ccc(NC(=O)Nc4ccccc4)nc3)CC2)c1. The van der Waals surface area contributed by atoms with Crippen molar-refractivity contribution in [2.24, 2.45) is 0 Å². The molecule has 0 saturated carbocycles. The van der Waals surface area contributed by atoms with Crippen molar-refractivity contribution in [1.82, 2.24) is 14.8 Å². The Morgan fingerprint density at radius 1 is 0.881 bits per heavy atom. The number of para-hydroxylation sites is 1. The van der Waals surface area contributed by atoms with E-state index < -0.39 is 23.7 Å². The number of rotatable bonds is 6. The number of anilines is 3. The first-order valence-corrected chi connectivity index (χ1v) is 13.4. The van der Waals surface area contributed by atoms with E-state index in [0.29, 0.717) is 49.8 Å². The maximum absolute atomic E-state index is 13.3. The predicted molar refractivity (Wildman–Crippen MR) is 154 cm³/mol. The van der Waals surface area contributed by atoms with E-state index in [4.69, 9.17) is 0 Å². The van der Waals surface area contributed by atoms with Crippen molar-refractivity contribution in [2.75, 3.05) is 41.7 Å². The van der Waals surface area contributed by atoms with E-state index in [0.717, 1.165) is 10.5 Å². The molecule has 2 heterocycles. The zero-order valence-electron chi connectivity index (χ0n) is 23.6. The van der Waals surface area contributed by atoms with Crippen molar-refractivity contribution in [1.29, 1.82) is 0 Å². The topological polar surface area (TPSA) is 97.9 Å². The van der Waals surface area contributed by atoms with Crippen LogP contribution in [0.5, 0.6) is 0 Å². The highest BCUT2D eigenvalue weighted by molar-refractivity contribution is 6.00. The van der Waals surface area contributed by atoms with Crippen LogP contribution in [0, 0.1) is 0 Å². The van der Waals surface area contributed by atoms with Gasteiger partial charge >= 0.3 is 18.1 Å². The summed E-state index contributed by atoms with van der Waals surface area (Å²) in [7, 11) is 0. The molecular formula is C30H33F3N6O3. The number of piperazine rings is 1. The maximum Gasteiger partial charge on any atom is 0.471 e. The normalized spacial score (nSPS) is 14.3. The van der Waals surface area contributed by atoms with Gasteiger partial charge in [-0.2, -0.15) is 13.2 Å². The summed E-state index contributed by atoms with van der Waals surface area (Å²) in [5, 5.41) is 5.32. The molecule has 1 fully saturated rings. The second kappa shape index (κ2) is 12.6. The first-order valence-electron chi connectivity index (χ1n) is 13.4. The number of carbonyl (C=O) groups is 3. The molecule has 0 atom stereocenters. The van der Waals surface area contributed by atoms with Gasteiger partial charge in [-0.1, -0.05) is 30.3 Å². The number of carbonyl (C=O) groups excluding carboxylic acids is 3. The molecule has 1 aliphatic rings. The zero-order chi connectivity index (χ0) is 30.5. The van der Waals surface area contributed by atoms with Crippen LogP contribution in [0.4, 0.5) is 35.2 Å². The van der Waals surface area contributed by atoms with Gasteiger partial charge in [0.25, 0.3) is 5.91 Å². The van der Waals surface area contributed by atoms with Crippen LogP contribution in [0.1, 0.15) is 36.7 Å². The molecule has 12 heteroatoms. The minimum atomic E-state index is -4.99. The summed E-state index contributed by atoms with van der Waals surface area (Å²) in [6.07, 6.45) is -3.57. The van der Waals surface area contributed by atoms with E-state index in [1.54, 1.807) is 80.3 Å². The Kier molecular flexibility index (Phi) is 9.15. The van der Waals surface area contributed by atoms with Crippen molar-refractivity contribution in [3.63, 3.8) is 0 Å². The number of nitrogens with zero attached hydrogens (tertiary/aromatic N) is 4. The van der Waals surface area contributed by atoms with Crippen molar-refractivity contribution in [3.05, 3.63) is 84.1 Å². The number of benzene rings is 2. The second-order valence-electron chi connectivity index (χ2n) is 10.9. The maximum atomic E-state index is 13.3. The molecule has 0 aliphatic carbocycles. The minimum absolute atomic E-state index is 0.180. The lowest BCUT2D eigenvalue weighted by Crippen LogP contribution is -2.51. The van der Waals surface area contributed by atoms with Crippen molar-refractivity contribution >= 4 is 35.0 Å². The summed E-state index contributed by atoms with van der Waals surface area (Å²) in [6, 6.07) is 18.2. The summed E-state index contributed by atoms with van der Waals surface area (Å²) >= 11 is 0. The second-order valence-corrected chi connectivity index (χ2v) is 10.9. The van der Waals surface area contributed by atoms with Crippen molar-refractivity contribution in [2.45, 2.75) is 39.0 Å². The van der Waals surface area contributed by atoms with E-state index in [1.807, 2.05) is 6.07 Å². The molecule has 4 amide bonds. The molecule has 1 aliphatic heterocycles. The Labute approximate surface area is 242 Å². The van der Waals surface area contributed by atoms with Crippen molar-refractivity contribution in [3.8, 4) is 0 Å². The Morgan fingerprint density at radius 3 is 2.17 bits per heavy atom. The standard InChI is InChI=1S/C30H33F3N6O3/c1-29(2,3)39(27(41)30(31,32)33)24-11-7-8-21(18-24)20-37-14-16-38(17-15-37)26(40)22-12-13-25(34-19-22)36-28(42)35-23-9-5-4-6-10-23/h4-13,18-19H,14-17,20H2,1-3H3,(H2,34,35,36,42). The minimum Gasteiger partial charge on any atom is -0.336 e. The molecule has 0 spiro atoms. The van der Waals surface area contributed by atoms with E-state index in [2.05, 4.69) is 20.5 Å². The fourth-order valence-corrected chi connectivity index (χ4v) is 4.67. The Bertz CT molecular complexity index is 1400. The summed E-state index contributed by atoms with van der Waals surface area (Å²) in [5.41, 5.74) is 0.896. The number of aromatic nitrogens is 1. The first kappa shape index (κ1) is 30.5. The molecule has 4 rings (SSSR count). The molecule has 2 N–H and O–H groups in total. The van der Waals surface area contributed by atoms with Gasteiger partial charge in [0.15, 0.2) is 0 Å². The quantitative estimate of drug-likeness (QED) is 0.407. The smallest absolute Gasteiger partial charge is 0.336 e. The monoisotopic (exact) mass is 582 g/mol. The van der Waals surface area contributed by atoms with Crippen LogP contribution in [-0.2, 0) is 11.3 Å². The van der Waals surface area contributed by atoms with Gasteiger partial charge < -0.3 is 10.2 Å². The lowest BCUT2D eigenvalue weighted by molar-refractivity contribution is -0.171. The lowest BCUT2D eigenvalue weighted by atomic mass is 10.0. The van der Waals surface area contributed by atoms with Gasteiger partial charge in [-0.25, -0.2) is 9.78 Å². The molecule has 0 bridgehead atoms.